The molecular formula is C20H22N4O3S. The number of rotatable bonds is 7. The van der Waals surface area contributed by atoms with Gasteiger partial charge in [-0.2, -0.15) is 5.10 Å². The number of nitro benzene ring substituents is 1. The molecule has 0 N–H and O–H groups in total. The lowest BCUT2D eigenvalue weighted by atomic mass is 10.1. The second kappa shape index (κ2) is 7.44. The van der Waals surface area contributed by atoms with Gasteiger partial charge in [0.1, 0.15) is 16.3 Å². The monoisotopic (exact) mass is 398 g/mol. The molecule has 0 bridgehead atoms. The summed E-state index contributed by atoms with van der Waals surface area (Å²) in [5.74, 6) is 0.727. The first-order valence-corrected chi connectivity index (χ1v) is 10.2. The van der Waals surface area contributed by atoms with Gasteiger partial charge in [-0.1, -0.05) is 25.6 Å². The van der Waals surface area contributed by atoms with Crippen molar-refractivity contribution < 1.29 is 9.66 Å². The van der Waals surface area contributed by atoms with Crippen molar-refractivity contribution in [1.82, 2.24) is 14.7 Å². The second-order valence-electron chi connectivity index (χ2n) is 6.63. The number of nitrogens with zero attached hydrogens (tertiary/aromatic N) is 4. The summed E-state index contributed by atoms with van der Waals surface area (Å²) in [7, 11) is 1.62. The first-order chi connectivity index (χ1) is 13.6. The lowest BCUT2D eigenvalue weighted by molar-refractivity contribution is -0.387. The van der Waals surface area contributed by atoms with Gasteiger partial charge in [-0.05, 0) is 37.4 Å². The molecule has 1 aliphatic rings. The van der Waals surface area contributed by atoms with E-state index in [1.165, 1.54) is 11.8 Å². The average Bonchev–Trinajstić information content (AvgIpc) is 3.08. The molecule has 1 aliphatic heterocycles. The summed E-state index contributed by atoms with van der Waals surface area (Å²) >= 11 is 1.42. The zero-order chi connectivity index (χ0) is 19.8. The number of aromatic nitrogens is 2. The van der Waals surface area contributed by atoms with Crippen LogP contribution < -0.4 is 4.74 Å². The summed E-state index contributed by atoms with van der Waals surface area (Å²) in [6, 6.07) is 9.22. The zero-order valence-electron chi connectivity index (χ0n) is 16.1. The molecule has 0 spiro atoms. The van der Waals surface area contributed by atoms with Crippen molar-refractivity contribution in [3.05, 3.63) is 40.4 Å². The lowest BCUT2D eigenvalue weighted by Gasteiger charge is -2.17. The smallest absolute Gasteiger partial charge is 0.284 e. The summed E-state index contributed by atoms with van der Waals surface area (Å²) < 4.78 is 7.32. The Balaban J connectivity index is 1.88. The van der Waals surface area contributed by atoms with Gasteiger partial charge in [0.15, 0.2) is 0 Å². The van der Waals surface area contributed by atoms with Gasteiger partial charge in [0.25, 0.3) is 5.69 Å². The molecule has 0 saturated carbocycles. The summed E-state index contributed by atoms with van der Waals surface area (Å²) in [6.45, 7) is 7.89. The molecule has 8 heteroatoms. The summed E-state index contributed by atoms with van der Waals surface area (Å²) in [5, 5.41) is 17.4. The highest BCUT2D eigenvalue weighted by molar-refractivity contribution is 8.00. The summed E-state index contributed by atoms with van der Waals surface area (Å²) in [4.78, 5) is 15.2. The molecule has 1 aromatic heterocycles. The van der Waals surface area contributed by atoms with E-state index >= 15 is 0 Å². The maximum Gasteiger partial charge on any atom is 0.284 e. The van der Waals surface area contributed by atoms with E-state index in [1.807, 2.05) is 28.9 Å². The largest absolute Gasteiger partial charge is 0.497 e. The van der Waals surface area contributed by atoms with E-state index in [2.05, 4.69) is 18.7 Å². The average molecular weight is 398 g/mol. The molecule has 0 amide bonds. The second-order valence-corrected chi connectivity index (χ2v) is 7.68. The van der Waals surface area contributed by atoms with Crippen molar-refractivity contribution in [3.8, 4) is 17.0 Å². The highest BCUT2D eigenvalue weighted by Crippen LogP contribution is 2.51. The number of likely N-dealkylation sites (N-methyl/N-ethyl adjacent to an activating group) is 1. The van der Waals surface area contributed by atoms with E-state index in [-0.39, 0.29) is 10.6 Å². The molecule has 7 nitrogen and oxygen atoms in total. The molecule has 2 heterocycles. The minimum absolute atomic E-state index is 0.121. The maximum atomic E-state index is 11.6. The summed E-state index contributed by atoms with van der Waals surface area (Å²) in [6.07, 6.45) is 0. The van der Waals surface area contributed by atoms with Crippen molar-refractivity contribution in [2.24, 2.45) is 0 Å². The van der Waals surface area contributed by atoms with Crippen LogP contribution in [0.3, 0.4) is 0 Å². The van der Waals surface area contributed by atoms with E-state index in [0.29, 0.717) is 4.90 Å². The predicted octanol–water partition coefficient (Wildman–Crippen LogP) is 4.43. The standard InChI is InChI=1S/C20H22N4O3S/c1-4-22(5-2)10-11-23-15-8-9-16(24(25)26)20-18(15)19(21-23)14-7-6-13(27-3)12-17(14)28-20/h6-9,12H,4-5,10-11H2,1-3H3. The third-order valence-electron chi connectivity index (χ3n) is 5.23. The Bertz CT molecular complexity index is 1060. The fraction of sp³-hybridized carbons (Fsp3) is 0.350. The van der Waals surface area contributed by atoms with Gasteiger partial charge in [-0.15, -0.1) is 0 Å². The van der Waals surface area contributed by atoms with Crippen LogP contribution in [0.25, 0.3) is 22.2 Å². The van der Waals surface area contributed by atoms with Crippen LogP contribution in [0.4, 0.5) is 5.69 Å². The summed E-state index contributed by atoms with van der Waals surface area (Å²) in [5.41, 5.74) is 2.86. The van der Waals surface area contributed by atoms with E-state index < -0.39 is 0 Å². The molecule has 4 rings (SSSR count). The Hall–Kier alpha value is -2.58. The highest BCUT2D eigenvalue weighted by Gasteiger charge is 2.30. The van der Waals surface area contributed by atoms with Crippen LogP contribution in [0.15, 0.2) is 40.1 Å². The molecule has 0 aliphatic carbocycles. The number of ether oxygens (including phenoxy) is 1. The van der Waals surface area contributed by atoms with Crippen LogP contribution in [0, 0.1) is 10.1 Å². The first kappa shape index (κ1) is 18.8. The molecule has 0 fully saturated rings. The Labute approximate surface area is 167 Å². The van der Waals surface area contributed by atoms with Crippen LogP contribution in [-0.4, -0.2) is 46.3 Å². The number of hydrogen-bond donors (Lipinski definition) is 0. The molecule has 0 radical (unpaired) electrons. The van der Waals surface area contributed by atoms with Gasteiger partial charge in [0.05, 0.1) is 24.1 Å². The Morgan fingerprint density at radius 1 is 1.25 bits per heavy atom. The molecule has 0 saturated heterocycles. The number of hydrogen-bond acceptors (Lipinski definition) is 6. The molecule has 0 atom stereocenters. The van der Waals surface area contributed by atoms with Crippen LogP contribution in [0.1, 0.15) is 13.8 Å². The first-order valence-electron chi connectivity index (χ1n) is 9.33. The number of fused-ring (bicyclic) bond motifs is 2. The lowest BCUT2D eigenvalue weighted by Crippen LogP contribution is -2.27. The number of nitro groups is 1. The van der Waals surface area contributed by atoms with Crippen LogP contribution in [0.5, 0.6) is 5.75 Å². The SMILES string of the molecule is CCN(CC)CCn1nc2c3c(c([N+](=O)[O-])ccc31)Sc1cc(OC)ccc1-2. The van der Waals surface area contributed by atoms with Crippen LogP contribution >= 0.6 is 11.8 Å². The topological polar surface area (TPSA) is 73.4 Å². The van der Waals surface area contributed by atoms with Gasteiger partial charge >= 0.3 is 0 Å². The van der Waals surface area contributed by atoms with Crippen molar-refractivity contribution in [2.75, 3.05) is 26.7 Å². The van der Waals surface area contributed by atoms with Gasteiger partial charge < -0.3 is 9.64 Å². The normalized spacial score (nSPS) is 12.4. The fourth-order valence-corrected chi connectivity index (χ4v) is 4.85. The van der Waals surface area contributed by atoms with Gasteiger partial charge in [0.2, 0.25) is 0 Å². The van der Waals surface area contributed by atoms with Crippen LogP contribution in [0.2, 0.25) is 0 Å². The van der Waals surface area contributed by atoms with Gasteiger partial charge in [0, 0.05) is 28.5 Å². The van der Waals surface area contributed by atoms with Crippen LogP contribution in [-0.2, 0) is 6.54 Å². The van der Waals surface area contributed by atoms with Gasteiger partial charge in [-0.3, -0.25) is 14.8 Å². The minimum atomic E-state index is -0.316. The number of benzene rings is 2. The molecular weight excluding hydrogens is 376 g/mol. The molecule has 2 aromatic carbocycles. The van der Waals surface area contributed by atoms with Gasteiger partial charge in [-0.25, -0.2) is 0 Å². The molecule has 3 aromatic rings. The Kier molecular flexibility index (Phi) is 4.99. The van der Waals surface area contributed by atoms with Crippen molar-refractivity contribution >= 4 is 28.4 Å². The van der Waals surface area contributed by atoms with E-state index in [1.54, 1.807) is 13.2 Å². The highest BCUT2D eigenvalue weighted by atomic mass is 32.2. The van der Waals surface area contributed by atoms with Crippen molar-refractivity contribution in [1.29, 1.82) is 0 Å². The van der Waals surface area contributed by atoms with E-state index in [4.69, 9.17) is 9.84 Å². The number of methoxy groups -OCH3 is 1. The minimum Gasteiger partial charge on any atom is -0.497 e. The quantitative estimate of drug-likeness (QED) is 0.339. The van der Waals surface area contributed by atoms with E-state index in [9.17, 15) is 10.1 Å². The van der Waals surface area contributed by atoms with E-state index in [0.717, 1.165) is 59.0 Å². The predicted molar refractivity (Wildman–Crippen MR) is 110 cm³/mol. The fourth-order valence-electron chi connectivity index (χ4n) is 3.63. The van der Waals surface area contributed by atoms with Crippen molar-refractivity contribution in [3.63, 3.8) is 0 Å². The van der Waals surface area contributed by atoms with Crippen molar-refractivity contribution in [2.45, 2.75) is 30.2 Å². The molecule has 0 unspecified atom stereocenters. The zero-order valence-corrected chi connectivity index (χ0v) is 17.0. The maximum absolute atomic E-state index is 11.6. The molecule has 146 valence electrons. The third kappa shape index (κ3) is 3.02. The molecule has 28 heavy (non-hydrogen) atoms. The Morgan fingerprint density at radius 3 is 2.71 bits per heavy atom. The third-order valence-corrected chi connectivity index (χ3v) is 6.40. The Morgan fingerprint density at radius 2 is 2.04 bits per heavy atom.